The molecule has 136 valence electrons. The summed E-state index contributed by atoms with van der Waals surface area (Å²) in [5.74, 6) is 0.740. The minimum Gasteiger partial charge on any atom is -0.300 e. The number of carbonyl (C=O) groups is 1. The first kappa shape index (κ1) is 19.8. The number of thioether (sulfide) groups is 1. The number of halogens is 1. The lowest BCUT2D eigenvalue weighted by atomic mass is 9.84. The van der Waals surface area contributed by atoms with Crippen molar-refractivity contribution in [3.05, 3.63) is 35.6 Å². The number of rotatable bonds is 7. The third-order valence-electron chi connectivity index (χ3n) is 3.42. The molecule has 7 heteroatoms. The van der Waals surface area contributed by atoms with E-state index in [4.69, 9.17) is 0 Å². The molecule has 2 rings (SSSR count). The number of hydrogen-bond donors (Lipinski definition) is 1. The summed E-state index contributed by atoms with van der Waals surface area (Å²) in [5, 5.41) is 11.5. The van der Waals surface area contributed by atoms with Gasteiger partial charge in [-0.2, -0.15) is 0 Å². The molecule has 0 radical (unpaired) electrons. The van der Waals surface area contributed by atoms with E-state index in [1.165, 1.54) is 35.2 Å². The Kier molecular flexibility index (Phi) is 6.95. The molecule has 1 N–H and O–H groups in total. The number of nitrogens with one attached hydrogen (secondary N) is 1. The minimum atomic E-state index is -0.240. The molecule has 0 fully saturated rings. The maximum absolute atomic E-state index is 12.9. The Morgan fingerprint density at radius 3 is 2.60 bits per heavy atom. The van der Waals surface area contributed by atoms with Gasteiger partial charge in [0.1, 0.15) is 5.82 Å². The van der Waals surface area contributed by atoms with E-state index >= 15 is 0 Å². The van der Waals surface area contributed by atoms with Gasteiger partial charge in [0.25, 0.3) is 0 Å². The highest BCUT2D eigenvalue weighted by Crippen LogP contribution is 2.29. The van der Waals surface area contributed by atoms with Gasteiger partial charge in [-0.1, -0.05) is 62.9 Å². The highest BCUT2D eigenvalue weighted by atomic mass is 32.2. The predicted molar refractivity (Wildman–Crippen MR) is 102 cm³/mol. The highest BCUT2D eigenvalue weighted by Gasteiger charge is 2.18. The van der Waals surface area contributed by atoms with Gasteiger partial charge in [-0.05, 0) is 35.4 Å². The Morgan fingerprint density at radius 1 is 1.28 bits per heavy atom. The Labute approximate surface area is 156 Å². The van der Waals surface area contributed by atoms with Gasteiger partial charge in [0.05, 0.1) is 0 Å². The molecule has 0 unspecified atom stereocenters. The van der Waals surface area contributed by atoms with Gasteiger partial charge in [-0.3, -0.25) is 4.79 Å². The SMILES string of the molecule is C[C@@H](CC(=O)Nc1nnc(SCc2ccc(F)cc2)s1)CC(C)(C)C. The van der Waals surface area contributed by atoms with Gasteiger partial charge in [0.15, 0.2) is 4.34 Å². The van der Waals surface area contributed by atoms with Crippen LogP contribution in [-0.2, 0) is 10.5 Å². The number of anilines is 1. The minimum absolute atomic E-state index is 0.0250. The van der Waals surface area contributed by atoms with Crippen LogP contribution in [0.15, 0.2) is 28.6 Å². The van der Waals surface area contributed by atoms with Crippen LogP contribution in [-0.4, -0.2) is 16.1 Å². The van der Waals surface area contributed by atoms with Gasteiger partial charge < -0.3 is 5.32 Å². The van der Waals surface area contributed by atoms with Gasteiger partial charge in [-0.25, -0.2) is 4.39 Å². The standard InChI is InChI=1S/C18H24FN3OS2/c1-12(10-18(2,3)4)9-15(23)20-16-21-22-17(25-16)24-11-13-5-7-14(19)8-6-13/h5-8,12H,9-11H2,1-4H3,(H,20,21,23)/t12-/m0/s1. The molecular weight excluding hydrogens is 357 g/mol. The Morgan fingerprint density at radius 2 is 1.96 bits per heavy atom. The van der Waals surface area contributed by atoms with E-state index in [9.17, 15) is 9.18 Å². The van der Waals surface area contributed by atoms with Crippen LogP contribution in [0.2, 0.25) is 0 Å². The molecule has 1 aromatic carbocycles. The first-order chi connectivity index (χ1) is 11.7. The van der Waals surface area contributed by atoms with Crippen molar-refractivity contribution in [3.63, 3.8) is 0 Å². The third kappa shape index (κ3) is 7.52. The molecule has 1 heterocycles. The van der Waals surface area contributed by atoms with Gasteiger partial charge in [0, 0.05) is 12.2 Å². The number of carbonyl (C=O) groups excluding carboxylic acids is 1. The second-order valence-corrected chi connectivity index (χ2v) is 9.61. The lowest BCUT2D eigenvalue weighted by molar-refractivity contribution is -0.117. The van der Waals surface area contributed by atoms with Crippen molar-refractivity contribution in [2.45, 2.75) is 50.6 Å². The zero-order valence-corrected chi connectivity index (χ0v) is 16.6. The van der Waals surface area contributed by atoms with Crippen LogP contribution in [0.5, 0.6) is 0 Å². The van der Waals surface area contributed by atoms with Crippen LogP contribution in [0.1, 0.15) is 46.1 Å². The molecule has 1 atom stereocenters. The van der Waals surface area contributed by atoms with Crippen LogP contribution in [0.4, 0.5) is 9.52 Å². The summed E-state index contributed by atoms with van der Waals surface area (Å²) < 4.78 is 13.7. The molecule has 0 aliphatic carbocycles. The van der Waals surface area contributed by atoms with E-state index in [1.807, 2.05) is 0 Å². The third-order valence-corrected chi connectivity index (χ3v) is 5.47. The fourth-order valence-electron chi connectivity index (χ4n) is 2.65. The van der Waals surface area contributed by atoms with Crippen LogP contribution in [0.3, 0.4) is 0 Å². The summed E-state index contributed by atoms with van der Waals surface area (Å²) in [6, 6.07) is 6.39. The second kappa shape index (κ2) is 8.76. The smallest absolute Gasteiger partial charge is 0.226 e. The first-order valence-corrected chi connectivity index (χ1v) is 10.0. The fraction of sp³-hybridized carbons (Fsp3) is 0.500. The topological polar surface area (TPSA) is 54.9 Å². The van der Waals surface area contributed by atoms with Crippen molar-refractivity contribution in [2.24, 2.45) is 11.3 Å². The molecule has 0 spiro atoms. The van der Waals surface area contributed by atoms with Gasteiger partial charge >= 0.3 is 0 Å². The quantitative estimate of drug-likeness (QED) is 0.517. The van der Waals surface area contributed by atoms with E-state index in [0.717, 1.165) is 16.3 Å². The zero-order valence-electron chi connectivity index (χ0n) is 15.0. The summed E-state index contributed by atoms with van der Waals surface area (Å²) in [6.07, 6.45) is 1.48. The molecule has 2 aromatic rings. The van der Waals surface area contributed by atoms with E-state index in [1.54, 1.807) is 12.1 Å². The molecule has 1 amide bonds. The van der Waals surface area contributed by atoms with Gasteiger partial charge in [0.2, 0.25) is 11.0 Å². The summed E-state index contributed by atoms with van der Waals surface area (Å²) in [7, 11) is 0. The van der Waals surface area contributed by atoms with Crippen molar-refractivity contribution in [2.75, 3.05) is 5.32 Å². The number of aromatic nitrogens is 2. The van der Waals surface area contributed by atoms with E-state index in [0.29, 0.717) is 23.2 Å². The van der Waals surface area contributed by atoms with Crippen LogP contribution in [0, 0.1) is 17.2 Å². The molecule has 0 aliphatic heterocycles. The molecular formula is C18H24FN3OS2. The number of amides is 1. The average Bonchev–Trinajstić information content (AvgIpc) is 2.91. The second-order valence-electron chi connectivity index (χ2n) is 7.41. The molecule has 0 bridgehead atoms. The van der Waals surface area contributed by atoms with E-state index in [-0.39, 0.29) is 17.1 Å². The zero-order chi connectivity index (χ0) is 18.4. The summed E-state index contributed by atoms with van der Waals surface area (Å²) >= 11 is 2.88. The van der Waals surface area contributed by atoms with Crippen molar-refractivity contribution < 1.29 is 9.18 Å². The van der Waals surface area contributed by atoms with Crippen molar-refractivity contribution in [1.29, 1.82) is 0 Å². The van der Waals surface area contributed by atoms with Crippen molar-refractivity contribution >= 4 is 34.1 Å². The number of hydrogen-bond acceptors (Lipinski definition) is 5. The maximum atomic E-state index is 12.9. The molecule has 4 nitrogen and oxygen atoms in total. The molecule has 0 saturated heterocycles. The van der Waals surface area contributed by atoms with Crippen molar-refractivity contribution in [3.8, 4) is 0 Å². The molecule has 25 heavy (non-hydrogen) atoms. The monoisotopic (exact) mass is 381 g/mol. The Balaban J connectivity index is 1.80. The lowest BCUT2D eigenvalue weighted by Gasteiger charge is -2.22. The largest absolute Gasteiger partial charge is 0.300 e. The highest BCUT2D eigenvalue weighted by molar-refractivity contribution is 8.00. The first-order valence-electron chi connectivity index (χ1n) is 8.22. The van der Waals surface area contributed by atoms with Crippen LogP contribution < -0.4 is 5.32 Å². The fourth-order valence-corrected chi connectivity index (χ4v) is 4.37. The normalized spacial score (nSPS) is 12.8. The van der Waals surface area contributed by atoms with Gasteiger partial charge in [-0.15, -0.1) is 10.2 Å². The maximum Gasteiger partial charge on any atom is 0.226 e. The Hall–Kier alpha value is -1.47. The summed E-state index contributed by atoms with van der Waals surface area (Å²) in [4.78, 5) is 12.1. The van der Waals surface area contributed by atoms with Crippen LogP contribution >= 0.6 is 23.1 Å². The van der Waals surface area contributed by atoms with E-state index < -0.39 is 0 Å². The van der Waals surface area contributed by atoms with Crippen molar-refractivity contribution in [1.82, 2.24) is 10.2 Å². The summed E-state index contributed by atoms with van der Waals surface area (Å²) in [5.41, 5.74) is 1.23. The number of nitrogens with zero attached hydrogens (tertiary/aromatic N) is 2. The van der Waals surface area contributed by atoms with E-state index in [2.05, 4.69) is 43.2 Å². The summed E-state index contributed by atoms with van der Waals surface area (Å²) in [6.45, 7) is 8.62. The predicted octanol–water partition coefficient (Wildman–Crippen LogP) is 5.37. The molecule has 1 aromatic heterocycles. The van der Waals surface area contributed by atoms with Crippen LogP contribution in [0.25, 0.3) is 0 Å². The average molecular weight is 382 g/mol. The lowest BCUT2D eigenvalue weighted by Crippen LogP contribution is -2.18. The molecule has 0 saturated carbocycles. The Bertz CT molecular complexity index is 695. The number of benzene rings is 1. The molecule has 0 aliphatic rings.